The summed E-state index contributed by atoms with van der Waals surface area (Å²) >= 11 is 0. The van der Waals surface area contributed by atoms with Crippen LogP contribution in [0.25, 0.3) is 11.1 Å². The van der Waals surface area contributed by atoms with Gasteiger partial charge in [0.2, 0.25) is 0 Å². The van der Waals surface area contributed by atoms with E-state index in [1.807, 2.05) is 0 Å². The molecule has 1 fully saturated rings. The Labute approximate surface area is 231 Å². The number of rotatable bonds is 8. The summed E-state index contributed by atoms with van der Waals surface area (Å²) in [5.41, 5.74) is 15.3. The zero-order valence-corrected chi connectivity index (χ0v) is 23.9. The van der Waals surface area contributed by atoms with Gasteiger partial charge in [-0.15, -0.1) is 0 Å². The van der Waals surface area contributed by atoms with Gasteiger partial charge in [-0.2, -0.15) is 0 Å². The molecule has 0 heterocycles. The van der Waals surface area contributed by atoms with Crippen molar-refractivity contribution in [3.05, 3.63) is 131 Å². The van der Waals surface area contributed by atoms with Crippen molar-refractivity contribution in [2.75, 3.05) is 0 Å². The summed E-state index contributed by atoms with van der Waals surface area (Å²) in [4.78, 5) is 0. The molecule has 0 saturated heterocycles. The van der Waals surface area contributed by atoms with Crippen molar-refractivity contribution in [3.63, 3.8) is 0 Å². The van der Waals surface area contributed by atoms with Gasteiger partial charge in [-0.3, -0.25) is 0 Å². The van der Waals surface area contributed by atoms with Crippen LogP contribution in [0.1, 0.15) is 76.5 Å². The third-order valence-electron chi connectivity index (χ3n) is 9.22. The average molecular weight is 501 g/mol. The summed E-state index contributed by atoms with van der Waals surface area (Å²) < 4.78 is 0. The quantitative estimate of drug-likeness (QED) is 0.311. The molecule has 0 heteroatoms. The Kier molecular flexibility index (Phi) is 7.62. The van der Waals surface area contributed by atoms with Crippen LogP contribution in [0.2, 0.25) is 0 Å². The summed E-state index contributed by atoms with van der Waals surface area (Å²) in [5.74, 6) is 1.92. The van der Waals surface area contributed by atoms with E-state index in [1.54, 1.807) is 11.1 Å². The normalized spacial score (nSPS) is 27.3. The fourth-order valence-electron chi connectivity index (χ4n) is 7.37. The monoisotopic (exact) mass is 500 g/mol. The SMILES string of the molecule is C=C(C)c1ccc(CC)c(C2=CC=C(C=C3CC4=CC(C)C(C(=C)CCC)C(C5=CC=CC5)C4C3=C)C2)c1. The maximum absolute atomic E-state index is 4.74. The third-order valence-corrected chi connectivity index (χ3v) is 9.22. The first-order chi connectivity index (χ1) is 18.3. The number of aryl methyl sites for hydroxylation is 1. The second-order valence-electron chi connectivity index (χ2n) is 11.9. The van der Waals surface area contributed by atoms with Gasteiger partial charge in [0, 0.05) is 5.92 Å². The topological polar surface area (TPSA) is 0 Å². The van der Waals surface area contributed by atoms with Gasteiger partial charge in [-0.05, 0) is 102 Å². The van der Waals surface area contributed by atoms with E-state index in [4.69, 9.17) is 6.58 Å². The lowest BCUT2D eigenvalue weighted by Gasteiger charge is -2.42. The van der Waals surface area contributed by atoms with Crippen LogP contribution in [0.15, 0.2) is 114 Å². The highest BCUT2D eigenvalue weighted by atomic mass is 14.5. The fourth-order valence-corrected chi connectivity index (χ4v) is 7.37. The van der Waals surface area contributed by atoms with Crippen LogP contribution in [-0.2, 0) is 6.42 Å². The molecule has 0 aliphatic heterocycles. The van der Waals surface area contributed by atoms with Crippen LogP contribution in [0.3, 0.4) is 0 Å². The highest BCUT2D eigenvalue weighted by molar-refractivity contribution is 5.78. The molecule has 0 amide bonds. The van der Waals surface area contributed by atoms with Crippen LogP contribution >= 0.6 is 0 Å². The smallest absolute Gasteiger partial charge is 0.0120 e. The Morgan fingerprint density at radius 1 is 1.05 bits per heavy atom. The summed E-state index contributed by atoms with van der Waals surface area (Å²) in [6.45, 7) is 22.5. The van der Waals surface area contributed by atoms with Gasteiger partial charge in [0.05, 0.1) is 0 Å². The molecule has 1 aromatic carbocycles. The van der Waals surface area contributed by atoms with Crippen LogP contribution in [0, 0.1) is 23.7 Å². The Bertz CT molecular complexity index is 1360. The van der Waals surface area contributed by atoms with E-state index in [0.29, 0.717) is 23.7 Å². The number of hydrogen-bond donors (Lipinski definition) is 0. The Morgan fingerprint density at radius 3 is 2.55 bits per heavy atom. The van der Waals surface area contributed by atoms with Crippen molar-refractivity contribution in [1.82, 2.24) is 0 Å². The van der Waals surface area contributed by atoms with Crippen molar-refractivity contribution in [2.24, 2.45) is 23.7 Å². The fraction of sp³-hybridized carbons (Fsp3) is 0.368. The first-order valence-corrected chi connectivity index (χ1v) is 14.6. The zero-order chi connectivity index (χ0) is 27.0. The van der Waals surface area contributed by atoms with Gasteiger partial charge in [0.1, 0.15) is 0 Å². The van der Waals surface area contributed by atoms with E-state index < -0.39 is 0 Å². The molecule has 1 aromatic rings. The first-order valence-electron chi connectivity index (χ1n) is 14.6. The first kappa shape index (κ1) is 26.5. The minimum absolute atomic E-state index is 0.413. The highest BCUT2D eigenvalue weighted by Crippen LogP contribution is 2.56. The molecule has 0 nitrogen and oxygen atoms in total. The maximum atomic E-state index is 4.74. The summed E-state index contributed by atoms with van der Waals surface area (Å²) in [5, 5.41) is 0. The van der Waals surface area contributed by atoms with Gasteiger partial charge in [0.15, 0.2) is 0 Å². The van der Waals surface area contributed by atoms with E-state index in [9.17, 15) is 0 Å². The molecule has 0 spiro atoms. The van der Waals surface area contributed by atoms with E-state index >= 15 is 0 Å². The highest BCUT2D eigenvalue weighted by Gasteiger charge is 2.45. The Hall–Kier alpha value is -3.12. The maximum Gasteiger partial charge on any atom is 0.0120 e. The molecule has 4 aliphatic carbocycles. The van der Waals surface area contributed by atoms with E-state index in [0.717, 1.165) is 44.1 Å². The van der Waals surface area contributed by atoms with Crippen LogP contribution in [-0.4, -0.2) is 0 Å². The molecule has 38 heavy (non-hydrogen) atoms. The van der Waals surface area contributed by atoms with Crippen molar-refractivity contribution in [1.29, 1.82) is 0 Å². The van der Waals surface area contributed by atoms with Crippen LogP contribution < -0.4 is 0 Å². The molecule has 0 aromatic heterocycles. The molecule has 4 unspecified atom stereocenters. The molecule has 5 rings (SSSR count). The predicted molar refractivity (Wildman–Crippen MR) is 167 cm³/mol. The van der Waals surface area contributed by atoms with Crippen molar-refractivity contribution in [2.45, 2.75) is 66.2 Å². The van der Waals surface area contributed by atoms with E-state index in [2.05, 4.69) is 102 Å². The van der Waals surface area contributed by atoms with Gasteiger partial charge in [0.25, 0.3) is 0 Å². The molecule has 0 radical (unpaired) electrons. The number of hydrogen-bond acceptors (Lipinski definition) is 0. The van der Waals surface area contributed by atoms with Gasteiger partial charge in [-0.25, -0.2) is 0 Å². The van der Waals surface area contributed by atoms with Gasteiger partial charge < -0.3 is 0 Å². The minimum atomic E-state index is 0.413. The predicted octanol–water partition coefficient (Wildman–Crippen LogP) is 10.5. The largest absolute Gasteiger partial charge is 0.0995 e. The Morgan fingerprint density at radius 2 is 1.87 bits per heavy atom. The molecular formula is C38H44. The molecule has 4 aliphatic rings. The van der Waals surface area contributed by atoms with Crippen molar-refractivity contribution >= 4 is 11.1 Å². The molecule has 4 atom stereocenters. The standard InChI is InChI=1S/C38H44/c1-8-12-25(5)36-26(6)19-34-22-33(27(7)37(34)38(36)30-13-10-11-14-30)21-28-15-16-32(20-28)35-23-31(24(3)4)18-17-29(35)9-2/h10-11,13,15-19,21,23,26,36-38H,3,5,7-9,12,14,20,22H2,1-2,4,6H3. The lowest BCUT2D eigenvalue weighted by atomic mass is 9.62. The van der Waals surface area contributed by atoms with Crippen LogP contribution in [0.5, 0.6) is 0 Å². The molecule has 0 bridgehead atoms. The summed E-state index contributed by atoms with van der Waals surface area (Å²) in [7, 11) is 0. The number of fused-ring (bicyclic) bond motifs is 1. The molecule has 1 saturated carbocycles. The van der Waals surface area contributed by atoms with E-state index in [-0.39, 0.29) is 0 Å². The average Bonchev–Trinajstić information content (AvgIpc) is 3.65. The van der Waals surface area contributed by atoms with Crippen molar-refractivity contribution < 1.29 is 0 Å². The minimum Gasteiger partial charge on any atom is -0.0995 e. The van der Waals surface area contributed by atoms with Crippen LogP contribution in [0.4, 0.5) is 0 Å². The van der Waals surface area contributed by atoms with Crippen molar-refractivity contribution in [3.8, 4) is 0 Å². The molecular weight excluding hydrogens is 456 g/mol. The van der Waals surface area contributed by atoms with Gasteiger partial charge >= 0.3 is 0 Å². The summed E-state index contributed by atoms with van der Waals surface area (Å²) in [6.07, 6.45) is 23.0. The van der Waals surface area contributed by atoms with E-state index in [1.165, 1.54) is 44.6 Å². The lowest BCUT2D eigenvalue weighted by Crippen LogP contribution is -2.34. The number of allylic oxidation sites excluding steroid dienone is 15. The van der Waals surface area contributed by atoms with Gasteiger partial charge in [-0.1, -0.05) is 124 Å². The summed E-state index contributed by atoms with van der Waals surface area (Å²) in [6, 6.07) is 6.83. The zero-order valence-electron chi connectivity index (χ0n) is 23.9. The molecule has 196 valence electrons. The third kappa shape index (κ3) is 4.86. The number of benzene rings is 1. The second kappa shape index (κ2) is 10.9. The lowest BCUT2D eigenvalue weighted by molar-refractivity contribution is 0.281. The Balaban J connectivity index is 1.41. The second-order valence-corrected chi connectivity index (χ2v) is 11.9. The molecule has 0 N–H and O–H groups in total.